The van der Waals surface area contributed by atoms with E-state index in [4.69, 9.17) is 4.74 Å². The van der Waals surface area contributed by atoms with Gasteiger partial charge in [-0.15, -0.1) is 0 Å². The summed E-state index contributed by atoms with van der Waals surface area (Å²) in [6.07, 6.45) is 4.49. The maximum atomic E-state index is 13.2. The topological polar surface area (TPSA) is 112 Å². The SMILES string of the molecule is COc1ccc(NC(=O)[C@@H]2CCCN(S(=O)(=O)c3c[nH]c(C(=O)N4CCCC4)c3)C2)cc1. The molecule has 0 saturated carbocycles. The summed E-state index contributed by atoms with van der Waals surface area (Å²) in [6, 6.07) is 8.39. The zero-order chi connectivity index (χ0) is 22.7. The number of benzene rings is 1. The Hall–Kier alpha value is -2.85. The van der Waals surface area contributed by atoms with Crippen LogP contribution >= 0.6 is 0 Å². The van der Waals surface area contributed by atoms with E-state index in [1.807, 2.05) is 0 Å². The second-order valence-corrected chi connectivity index (χ2v) is 10.1. The van der Waals surface area contributed by atoms with Gasteiger partial charge in [0.05, 0.1) is 13.0 Å². The first-order valence-electron chi connectivity index (χ1n) is 10.8. The smallest absolute Gasteiger partial charge is 0.270 e. The number of hydrogen-bond acceptors (Lipinski definition) is 5. The number of nitrogens with one attached hydrogen (secondary N) is 2. The Kier molecular flexibility index (Phi) is 6.52. The van der Waals surface area contributed by atoms with Gasteiger partial charge in [-0.2, -0.15) is 4.31 Å². The van der Waals surface area contributed by atoms with E-state index in [-0.39, 0.29) is 28.9 Å². The maximum absolute atomic E-state index is 13.2. The van der Waals surface area contributed by atoms with Gasteiger partial charge in [0.15, 0.2) is 0 Å². The zero-order valence-corrected chi connectivity index (χ0v) is 18.9. The lowest BCUT2D eigenvalue weighted by molar-refractivity contribution is -0.120. The van der Waals surface area contributed by atoms with Crippen LogP contribution in [0.3, 0.4) is 0 Å². The highest BCUT2D eigenvalue weighted by molar-refractivity contribution is 7.89. The molecule has 32 heavy (non-hydrogen) atoms. The predicted molar refractivity (Wildman–Crippen MR) is 119 cm³/mol. The summed E-state index contributed by atoms with van der Waals surface area (Å²) in [7, 11) is -2.24. The molecule has 10 heteroatoms. The second kappa shape index (κ2) is 9.33. The largest absolute Gasteiger partial charge is 0.497 e. The first-order valence-corrected chi connectivity index (χ1v) is 12.3. The lowest BCUT2D eigenvalue weighted by atomic mass is 9.99. The highest BCUT2D eigenvalue weighted by Gasteiger charge is 2.34. The minimum atomic E-state index is -3.81. The Bertz CT molecular complexity index is 1070. The van der Waals surface area contributed by atoms with Crippen LogP contribution in [0.1, 0.15) is 36.2 Å². The molecule has 1 aromatic heterocycles. The van der Waals surface area contributed by atoms with E-state index in [0.717, 1.165) is 12.8 Å². The van der Waals surface area contributed by atoms with Crippen molar-refractivity contribution in [2.45, 2.75) is 30.6 Å². The highest BCUT2D eigenvalue weighted by atomic mass is 32.2. The number of rotatable bonds is 6. The molecule has 1 aromatic carbocycles. The molecule has 3 heterocycles. The van der Waals surface area contributed by atoms with Crippen LogP contribution in [0.25, 0.3) is 0 Å². The average molecular weight is 461 g/mol. The molecule has 2 aromatic rings. The fourth-order valence-corrected chi connectivity index (χ4v) is 5.70. The molecule has 2 aliphatic rings. The summed E-state index contributed by atoms with van der Waals surface area (Å²) in [6.45, 7) is 1.83. The Morgan fingerprint density at radius 3 is 2.50 bits per heavy atom. The van der Waals surface area contributed by atoms with Crippen molar-refractivity contribution in [2.75, 3.05) is 38.6 Å². The molecule has 2 fully saturated rings. The number of carbonyl (C=O) groups is 2. The standard InChI is InChI=1S/C22H28N4O5S/c1-31-18-8-6-17(7-9-18)24-21(27)16-5-4-12-26(15-16)32(29,30)19-13-20(23-14-19)22(28)25-10-2-3-11-25/h6-9,13-14,16,23H,2-5,10-12,15H2,1H3,(H,24,27)/t16-/m1/s1. The highest BCUT2D eigenvalue weighted by Crippen LogP contribution is 2.26. The van der Waals surface area contributed by atoms with Crippen molar-refractivity contribution in [1.29, 1.82) is 0 Å². The molecule has 0 radical (unpaired) electrons. The van der Waals surface area contributed by atoms with Gasteiger partial charge >= 0.3 is 0 Å². The number of carbonyl (C=O) groups excluding carboxylic acids is 2. The molecular weight excluding hydrogens is 432 g/mol. The van der Waals surface area contributed by atoms with Crippen LogP contribution in [-0.2, 0) is 14.8 Å². The van der Waals surface area contributed by atoms with Crippen molar-refractivity contribution in [3.05, 3.63) is 42.2 Å². The molecule has 2 N–H and O–H groups in total. The summed E-state index contributed by atoms with van der Waals surface area (Å²) in [5, 5.41) is 2.85. The Labute approximate surface area is 187 Å². The van der Waals surface area contributed by atoms with Gasteiger partial charge in [0.2, 0.25) is 15.9 Å². The normalized spacial score (nSPS) is 19.7. The van der Waals surface area contributed by atoms with Gasteiger partial charge in [-0.05, 0) is 56.0 Å². The van der Waals surface area contributed by atoms with Crippen molar-refractivity contribution in [1.82, 2.24) is 14.2 Å². The van der Waals surface area contributed by atoms with Crippen LogP contribution in [0.4, 0.5) is 5.69 Å². The predicted octanol–water partition coefficient (Wildman–Crippen LogP) is 2.30. The summed E-state index contributed by atoms with van der Waals surface area (Å²) >= 11 is 0. The number of anilines is 1. The summed E-state index contributed by atoms with van der Waals surface area (Å²) in [5.74, 6) is -0.161. The van der Waals surface area contributed by atoms with Gasteiger partial charge in [-0.1, -0.05) is 0 Å². The zero-order valence-electron chi connectivity index (χ0n) is 18.0. The number of hydrogen-bond donors (Lipinski definition) is 2. The van der Waals surface area contributed by atoms with Crippen LogP contribution < -0.4 is 10.1 Å². The Balaban J connectivity index is 1.42. The second-order valence-electron chi connectivity index (χ2n) is 8.17. The number of aromatic nitrogens is 1. The summed E-state index contributed by atoms with van der Waals surface area (Å²) in [5.41, 5.74) is 0.905. The van der Waals surface area contributed by atoms with Gasteiger partial charge < -0.3 is 19.9 Å². The molecule has 0 spiro atoms. The van der Waals surface area contributed by atoms with Gasteiger partial charge in [0, 0.05) is 38.1 Å². The van der Waals surface area contributed by atoms with Crippen molar-refractivity contribution in [2.24, 2.45) is 5.92 Å². The van der Waals surface area contributed by atoms with Crippen LogP contribution in [-0.4, -0.2) is 67.7 Å². The van der Waals surface area contributed by atoms with Gasteiger partial charge in [0.25, 0.3) is 5.91 Å². The van der Waals surface area contributed by atoms with Crippen LogP contribution in [0.15, 0.2) is 41.4 Å². The molecule has 9 nitrogen and oxygen atoms in total. The number of methoxy groups -OCH3 is 1. The van der Waals surface area contributed by atoms with E-state index in [0.29, 0.717) is 43.9 Å². The van der Waals surface area contributed by atoms with Gasteiger partial charge in [-0.3, -0.25) is 9.59 Å². The van der Waals surface area contributed by atoms with Crippen LogP contribution in [0.5, 0.6) is 5.75 Å². The van der Waals surface area contributed by atoms with Crippen molar-refractivity contribution in [3.8, 4) is 5.75 Å². The number of ether oxygens (including phenoxy) is 1. The number of nitrogens with zero attached hydrogens (tertiary/aromatic N) is 2. The van der Waals surface area contributed by atoms with Crippen molar-refractivity contribution < 1.29 is 22.7 Å². The number of piperidine rings is 1. The molecule has 4 rings (SSSR count). The number of H-pyrrole nitrogens is 1. The van der Waals surface area contributed by atoms with E-state index >= 15 is 0 Å². The minimum absolute atomic E-state index is 0.0521. The molecular formula is C22H28N4O5S. The Morgan fingerprint density at radius 1 is 1.09 bits per heavy atom. The average Bonchev–Trinajstić information content (AvgIpc) is 3.52. The lowest BCUT2D eigenvalue weighted by Crippen LogP contribution is -2.43. The quantitative estimate of drug-likeness (QED) is 0.687. The molecule has 0 unspecified atom stereocenters. The maximum Gasteiger partial charge on any atom is 0.270 e. The summed E-state index contributed by atoms with van der Waals surface area (Å²) in [4.78, 5) is 29.9. The number of amides is 2. The molecule has 0 aliphatic carbocycles. The first kappa shape index (κ1) is 22.3. The van der Waals surface area contributed by atoms with Crippen LogP contribution in [0, 0.1) is 5.92 Å². The molecule has 1 atom stereocenters. The third kappa shape index (κ3) is 4.66. The Morgan fingerprint density at radius 2 is 1.81 bits per heavy atom. The van der Waals surface area contributed by atoms with E-state index in [1.54, 1.807) is 36.3 Å². The van der Waals surface area contributed by atoms with Gasteiger partial charge in [-0.25, -0.2) is 8.42 Å². The fraction of sp³-hybridized carbons (Fsp3) is 0.455. The third-order valence-electron chi connectivity index (χ3n) is 6.03. The minimum Gasteiger partial charge on any atom is -0.497 e. The third-order valence-corrected chi connectivity index (χ3v) is 7.87. The van der Waals surface area contributed by atoms with Crippen LogP contribution in [0.2, 0.25) is 0 Å². The van der Waals surface area contributed by atoms with Crippen molar-refractivity contribution in [3.63, 3.8) is 0 Å². The fourth-order valence-electron chi connectivity index (χ4n) is 4.18. The first-order chi connectivity index (χ1) is 15.4. The molecule has 2 saturated heterocycles. The van der Waals surface area contributed by atoms with Crippen molar-refractivity contribution >= 4 is 27.5 Å². The van der Waals surface area contributed by atoms with E-state index in [9.17, 15) is 18.0 Å². The van der Waals surface area contributed by atoms with E-state index in [1.165, 1.54) is 16.6 Å². The molecule has 172 valence electrons. The van der Waals surface area contributed by atoms with Gasteiger partial charge in [0.1, 0.15) is 16.3 Å². The monoisotopic (exact) mass is 460 g/mol. The number of sulfonamides is 1. The molecule has 2 aliphatic heterocycles. The summed E-state index contributed by atoms with van der Waals surface area (Å²) < 4.78 is 32.8. The number of aromatic amines is 1. The number of likely N-dealkylation sites (tertiary alicyclic amines) is 1. The lowest BCUT2D eigenvalue weighted by Gasteiger charge is -2.31. The van der Waals surface area contributed by atoms with E-state index in [2.05, 4.69) is 10.3 Å². The molecule has 2 amide bonds. The molecule has 0 bridgehead atoms. The van der Waals surface area contributed by atoms with E-state index < -0.39 is 15.9 Å².